The van der Waals surface area contributed by atoms with E-state index in [-0.39, 0.29) is 0 Å². The van der Waals surface area contributed by atoms with Crippen molar-refractivity contribution in [1.82, 2.24) is 9.55 Å². The fraction of sp³-hybridized carbons (Fsp3) is 0.500. The smallest absolute Gasteiger partial charge is 0.109 e. The molecule has 0 bridgehead atoms. The van der Waals surface area contributed by atoms with E-state index in [1.54, 1.807) is 0 Å². The van der Waals surface area contributed by atoms with Crippen molar-refractivity contribution in [2.45, 2.75) is 13.3 Å². The number of hydrogen-bond donors (Lipinski definition) is 0. The Morgan fingerprint density at radius 2 is 2.62 bits per heavy atom. The molecule has 0 unspecified atom stereocenters. The molecular weight excluding hydrogens is 100 g/mol. The Bertz CT molecular complexity index is 167. The number of rotatable bonds is 1. The van der Waals surface area contributed by atoms with Crippen LogP contribution in [0.2, 0.25) is 0 Å². The minimum atomic E-state index is 0.986. The van der Waals surface area contributed by atoms with Crippen molar-refractivity contribution < 1.29 is 0 Å². The highest BCUT2D eigenvalue weighted by atomic mass is 15.0. The van der Waals surface area contributed by atoms with Crippen molar-refractivity contribution in [2.75, 3.05) is 0 Å². The molecule has 0 N–H and O–H groups in total. The van der Waals surface area contributed by atoms with Crippen molar-refractivity contribution in [2.24, 2.45) is 7.05 Å². The van der Waals surface area contributed by atoms with Crippen LogP contribution < -0.4 is 0 Å². The molecule has 0 aliphatic heterocycles. The summed E-state index contributed by atoms with van der Waals surface area (Å²) < 4.78 is 1.97. The molecule has 8 heavy (non-hydrogen) atoms. The molecule has 0 aliphatic carbocycles. The first-order valence-corrected chi connectivity index (χ1v) is 2.73. The van der Waals surface area contributed by atoms with Gasteiger partial charge in [-0.1, -0.05) is 6.92 Å². The summed E-state index contributed by atoms with van der Waals surface area (Å²) in [5.74, 6) is 1.09. The normalized spacial score (nSPS) is 9.75. The van der Waals surface area contributed by atoms with E-state index in [1.165, 1.54) is 0 Å². The lowest BCUT2D eigenvalue weighted by Crippen LogP contribution is -1.93. The number of hydrogen-bond acceptors (Lipinski definition) is 1. The predicted octanol–water partition coefficient (Wildman–Crippen LogP) is 0.783. The topological polar surface area (TPSA) is 17.8 Å². The molecule has 43 valence electrons. The molecule has 1 aromatic heterocycles. The number of aryl methyl sites for hydroxylation is 2. The van der Waals surface area contributed by atoms with Crippen LogP contribution in [-0.2, 0) is 13.5 Å². The molecule has 0 aromatic carbocycles. The van der Waals surface area contributed by atoms with Crippen molar-refractivity contribution in [3.05, 3.63) is 18.2 Å². The quantitative estimate of drug-likeness (QED) is 0.521. The molecule has 0 amide bonds. The monoisotopic (exact) mass is 109 g/mol. The Kier molecular flexibility index (Phi) is 1.33. The number of imidazole rings is 1. The van der Waals surface area contributed by atoms with Crippen LogP contribution in [0.15, 0.2) is 6.20 Å². The summed E-state index contributed by atoms with van der Waals surface area (Å²) in [5, 5.41) is 0. The maximum absolute atomic E-state index is 3.97. The van der Waals surface area contributed by atoms with E-state index in [2.05, 4.69) is 18.1 Å². The Balaban J connectivity index is 2.92. The fourth-order valence-corrected chi connectivity index (χ4v) is 0.672. The van der Waals surface area contributed by atoms with Crippen LogP contribution in [0, 0.1) is 6.20 Å². The Morgan fingerprint density at radius 1 is 1.88 bits per heavy atom. The highest BCUT2D eigenvalue weighted by Gasteiger charge is 1.91. The van der Waals surface area contributed by atoms with Gasteiger partial charge >= 0.3 is 0 Å². The lowest BCUT2D eigenvalue weighted by molar-refractivity contribution is 0.808. The van der Waals surface area contributed by atoms with Crippen molar-refractivity contribution >= 4 is 0 Å². The van der Waals surface area contributed by atoms with Crippen LogP contribution in [0.1, 0.15) is 12.7 Å². The van der Waals surface area contributed by atoms with Crippen LogP contribution in [0.5, 0.6) is 0 Å². The molecule has 2 heteroatoms. The molecule has 2 nitrogen and oxygen atoms in total. The van der Waals surface area contributed by atoms with Crippen LogP contribution >= 0.6 is 0 Å². The van der Waals surface area contributed by atoms with Gasteiger partial charge < -0.3 is 4.57 Å². The standard InChI is InChI=1S/C6H9N2/c1-3-6-7-4-5-8(6)2/h5H,3H2,1-2H3. The molecule has 1 heterocycles. The third-order valence-electron chi connectivity index (χ3n) is 1.17. The van der Waals surface area contributed by atoms with Crippen LogP contribution in [-0.4, -0.2) is 9.55 Å². The maximum Gasteiger partial charge on any atom is 0.109 e. The minimum absolute atomic E-state index is 0.986. The molecule has 1 rings (SSSR count). The summed E-state index contributed by atoms with van der Waals surface area (Å²) in [6.07, 6.45) is 5.58. The van der Waals surface area contributed by atoms with Gasteiger partial charge in [-0.3, -0.25) is 0 Å². The third-order valence-corrected chi connectivity index (χ3v) is 1.17. The number of nitrogens with zero attached hydrogens (tertiary/aromatic N) is 2. The van der Waals surface area contributed by atoms with Gasteiger partial charge in [-0.15, -0.1) is 0 Å². The van der Waals surface area contributed by atoms with E-state index in [4.69, 9.17) is 0 Å². The summed E-state index contributed by atoms with van der Waals surface area (Å²) in [7, 11) is 1.97. The molecule has 0 spiro atoms. The van der Waals surface area contributed by atoms with Gasteiger partial charge in [0.2, 0.25) is 0 Å². The number of aromatic nitrogens is 2. The second kappa shape index (κ2) is 1.99. The molecule has 1 radical (unpaired) electrons. The highest BCUT2D eigenvalue weighted by molar-refractivity contribution is 4.88. The average Bonchev–Trinajstić information content (AvgIpc) is 2.14. The fourth-order valence-electron chi connectivity index (χ4n) is 0.672. The molecule has 0 atom stereocenters. The molecule has 0 saturated carbocycles. The Hall–Kier alpha value is -0.790. The first kappa shape index (κ1) is 5.35. The Labute approximate surface area is 49.2 Å². The lowest BCUT2D eigenvalue weighted by Gasteiger charge is -1.92. The molecular formula is C6H9N2. The van der Waals surface area contributed by atoms with Crippen molar-refractivity contribution in [3.8, 4) is 0 Å². The van der Waals surface area contributed by atoms with E-state index in [0.29, 0.717) is 0 Å². The van der Waals surface area contributed by atoms with E-state index < -0.39 is 0 Å². The summed E-state index contributed by atoms with van der Waals surface area (Å²) in [5.41, 5.74) is 0. The van der Waals surface area contributed by atoms with E-state index in [9.17, 15) is 0 Å². The van der Waals surface area contributed by atoms with Crippen molar-refractivity contribution in [3.63, 3.8) is 0 Å². The largest absolute Gasteiger partial charge is 0.337 e. The molecule has 0 aliphatic rings. The summed E-state index contributed by atoms with van der Waals surface area (Å²) in [4.78, 5) is 3.97. The van der Waals surface area contributed by atoms with E-state index >= 15 is 0 Å². The van der Waals surface area contributed by atoms with Gasteiger partial charge in [-0.05, 0) is 0 Å². The molecule has 0 saturated heterocycles. The Morgan fingerprint density at radius 3 is 2.88 bits per heavy atom. The maximum atomic E-state index is 3.97. The lowest BCUT2D eigenvalue weighted by atomic mass is 10.5. The molecule has 0 fully saturated rings. The van der Waals surface area contributed by atoms with Gasteiger partial charge in [0.1, 0.15) is 12.0 Å². The van der Waals surface area contributed by atoms with Gasteiger partial charge in [0, 0.05) is 19.7 Å². The van der Waals surface area contributed by atoms with Gasteiger partial charge in [-0.2, -0.15) is 0 Å². The minimum Gasteiger partial charge on any atom is -0.337 e. The zero-order valence-corrected chi connectivity index (χ0v) is 5.18. The predicted molar refractivity (Wildman–Crippen MR) is 31.4 cm³/mol. The van der Waals surface area contributed by atoms with Crippen LogP contribution in [0.4, 0.5) is 0 Å². The second-order valence-corrected chi connectivity index (χ2v) is 1.75. The second-order valence-electron chi connectivity index (χ2n) is 1.75. The SMILES string of the molecule is CCc1n[c]cn1C. The van der Waals surface area contributed by atoms with Gasteiger partial charge in [0.25, 0.3) is 0 Å². The summed E-state index contributed by atoms with van der Waals surface area (Å²) in [6, 6.07) is 0. The zero-order valence-electron chi connectivity index (χ0n) is 5.18. The average molecular weight is 109 g/mol. The first-order valence-electron chi connectivity index (χ1n) is 2.73. The van der Waals surface area contributed by atoms with Crippen LogP contribution in [0.25, 0.3) is 0 Å². The summed E-state index contributed by atoms with van der Waals surface area (Å²) in [6.45, 7) is 2.08. The van der Waals surface area contributed by atoms with Crippen LogP contribution in [0.3, 0.4) is 0 Å². The van der Waals surface area contributed by atoms with Gasteiger partial charge in [-0.25, -0.2) is 4.98 Å². The first-order chi connectivity index (χ1) is 3.84. The van der Waals surface area contributed by atoms with Gasteiger partial charge in [0.05, 0.1) is 0 Å². The third kappa shape index (κ3) is 0.735. The highest BCUT2D eigenvalue weighted by Crippen LogP contribution is 1.91. The van der Waals surface area contributed by atoms with E-state index in [0.717, 1.165) is 12.2 Å². The molecule has 1 aromatic rings. The van der Waals surface area contributed by atoms with Crippen molar-refractivity contribution in [1.29, 1.82) is 0 Å². The van der Waals surface area contributed by atoms with E-state index in [1.807, 2.05) is 17.8 Å². The van der Waals surface area contributed by atoms with Gasteiger partial charge in [0.15, 0.2) is 0 Å². The zero-order chi connectivity index (χ0) is 5.98. The summed E-state index contributed by atoms with van der Waals surface area (Å²) >= 11 is 0.